The van der Waals surface area contributed by atoms with E-state index >= 15 is 0 Å². The fourth-order valence-electron chi connectivity index (χ4n) is 1.52. The third-order valence-electron chi connectivity index (χ3n) is 2.36. The van der Waals surface area contributed by atoms with Gasteiger partial charge >= 0.3 is 0 Å². The van der Waals surface area contributed by atoms with Gasteiger partial charge in [-0.3, -0.25) is 4.68 Å². The van der Waals surface area contributed by atoms with Crippen LogP contribution in [-0.4, -0.2) is 9.78 Å². The van der Waals surface area contributed by atoms with Crippen molar-refractivity contribution in [3.8, 4) is 11.3 Å². The fraction of sp³-hybridized carbons (Fsp3) is 0.182. The standard InChI is InChI=1S/C11H11ClN2/c1-8-9(4-3-5-10(8)12)11-6-7-13-14(11)2/h3-7H,1-2H3. The van der Waals surface area contributed by atoms with Gasteiger partial charge in [0.15, 0.2) is 0 Å². The van der Waals surface area contributed by atoms with Crippen LogP contribution in [0.1, 0.15) is 5.56 Å². The lowest BCUT2D eigenvalue weighted by Crippen LogP contribution is -1.94. The summed E-state index contributed by atoms with van der Waals surface area (Å²) in [5.74, 6) is 0. The molecule has 0 bridgehead atoms. The first kappa shape index (κ1) is 9.28. The van der Waals surface area contributed by atoms with E-state index in [2.05, 4.69) is 11.2 Å². The maximum atomic E-state index is 6.05. The summed E-state index contributed by atoms with van der Waals surface area (Å²) in [6.45, 7) is 2.02. The van der Waals surface area contributed by atoms with Crippen molar-refractivity contribution in [1.29, 1.82) is 0 Å². The van der Waals surface area contributed by atoms with Crippen molar-refractivity contribution in [2.75, 3.05) is 0 Å². The molecule has 0 saturated carbocycles. The lowest BCUT2D eigenvalue weighted by Gasteiger charge is -2.07. The second-order valence-electron chi connectivity index (χ2n) is 3.25. The molecule has 3 heteroatoms. The van der Waals surface area contributed by atoms with Gasteiger partial charge in [-0.15, -0.1) is 0 Å². The van der Waals surface area contributed by atoms with E-state index in [4.69, 9.17) is 11.6 Å². The van der Waals surface area contributed by atoms with Crippen molar-refractivity contribution >= 4 is 11.6 Å². The molecule has 2 rings (SSSR count). The molecule has 1 heterocycles. The van der Waals surface area contributed by atoms with E-state index in [0.29, 0.717) is 0 Å². The van der Waals surface area contributed by atoms with Crippen LogP contribution in [0.4, 0.5) is 0 Å². The van der Waals surface area contributed by atoms with Gasteiger partial charge in [-0.25, -0.2) is 0 Å². The Morgan fingerprint density at radius 2 is 2.07 bits per heavy atom. The highest BCUT2D eigenvalue weighted by molar-refractivity contribution is 6.31. The SMILES string of the molecule is Cc1c(Cl)cccc1-c1ccnn1C. The summed E-state index contributed by atoms with van der Waals surface area (Å²) in [6.07, 6.45) is 1.79. The van der Waals surface area contributed by atoms with E-state index in [1.165, 1.54) is 0 Å². The number of aryl methyl sites for hydroxylation is 1. The molecule has 0 radical (unpaired) electrons. The van der Waals surface area contributed by atoms with Gasteiger partial charge in [-0.05, 0) is 24.6 Å². The minimum absolute atomic E-state index is 0.795. The van der Waals surface area contributed by atoms with E-state index in [-0.39, 0.29) is 0 Å². The Kier molecular flexibility index (Phi) is 2.30. The van der Waals surface area contributed by atoms with Crippen LogP contribution in [0.5, 0.6) is 0 Å². The summed E-state index contributed by atoms with van der Waals surface area (Å²) in [7, 11) is 1.93. The number of aromatic nitrogens is 2. The largest absolute Gasteiger partial charge is 0.268 e. The van der Waals surface area contributed by atoms with Crippen LogP contribution >= 0.6 is 11.6 Å². The maximum Gasteiger partial charge on any atom is 0.0682 e. The molecule has 0 fully saturated rings. The van der Waals surface area contributed by atoms with Crippen LogP contribution in [0.25, 0.3) is 11.3 Å². The van der Waals surface area contributed by atoms with Crippen molar-refractivity contribution in [1.82, 2.24) is 9.78 Å². The molecule has 0 N–H and O–H groups in total. The summed E-state index contributed by atoms with van der Waals surface area (Å²) >= 11 is 6.05. The minimum Gasteiger partial charge on any atom is -0.268 e. The third kappa shape index (κ3) is 1.42. The average Bonchev–Trinajstić information content (AvgIpc) is 2.57. The molecule has 0 saturated heterocycles. The van der Waals surface area contributed by atoms with Crippen LogP contribution in [-0.2, 0) is 7.05 Å². The van der Waals surface area contributed by atoms with Crippen LogP contribution in [0, 0.1) is 6.92 Å². The molecule has 1 aromatic carbocycles. The molecule has 0 aliphatic heterocycles. The minimum atomic E-state index is 0.795. The predicted molar refractivity (Wildman–Crippen MR) is 58.4 cm³/mol. The number of benzene rings is 1. The first-order chi connectivity index (χ1) is 6.70. The molecule has 2 nitrogen and oxygen atoms in total. The van der Waals surface area contributed by atoms with Gasteiger partial charge in [0, 0.05) is 23.8 Å². The number of rotatable bonds is 1. The maximum absolute atomic E-state index is 6.05. The fourth-order valence-corrected chi connectivity index (χ4v) is 1.70. The van der Waals surface area contributed by atoms with E-state index in [1.54, 1.807) is 6.20 Å². The Hall–Kier alpha value is -1.28. The lowest BCUT2D eigenvalue weighted by atomic mass is 10.1. The first-order valence-corrected chi connectivity index (χ1v) is 4.81. The van der Waals surface area contributed by atoms with Gasteiger partial charge in [0.1, 0.15) is 0 Å². The van der Waals surface area contributed by atoms with Crippen LogP contribution < -0.4 is 0 Å². The first-order valence-electron chi connectivity index (χ1n) is 4.43. The van der Waals surface area contributed by atoms with Gasteiger partial charge in [-0.2, -0.15) is 5.10 Å². The summed E-state index contributed by atoms with van der Waals surface area (Å²) < 4.78 is 1.85. The second kappa shape index (κ2) is 3.46. The normalized spacial score (nSPS) is 10.5. The molecule has 0 spiro atoms. The van der Waals surface area contributed by atoms with Crippen molar-refractivity contribution < 1.29 is 0 Å². The van der Waals surface area contributed by atoms with Crippen LogP contribution in [0.15, 0.2) is 30.5 Å². The molecule has 0 unspecified atom stereocenters. The van der Waals surface area contributed by atoms with Crippen LogP contribution in [0.3, 0.4) is 0 Å². The van der Waals surface area contributed by atoms with Crippen LogP contribution in [0.2, 0.25) is 5.02 Å². The Morgan fingerprint density at radius 1 is 1.29 bits per heavy atom. The highest BCUT2D eigenvalue weighted by atomic mass is 35.5. The quantitative estimate of drug-likeness (QED) is 0.701. The van der Waals surface area contributed by atoms with Crippen molar-refractivity contribution in [3.63, 3.8) is 0 Å². The summed E-state index contributed by atoms with van der Waals surface area (Å²) in [4.78, 5) is 0. The lowest BCUT2D eigenvalue weighted by molar-refractivity contribution is 0.775. The van der Waals surface area contributed by atoms with Crippen molar-refractivity contribution in [2.45, 2.75) is 6.92 Å². The summed E-state index contributed by atoms with van der Waals surface area (Å²) in [6, 6.07) is 7.89. The number of hydrogen-bond acceptors (Lipinski definition) is 1. The smallest absolute Gasteiger partial charge is 0.0682 e. The van der Waals surface area contributed by atoms with E-state index in [9.17, 15) is 0 Å². The molecule has 14 heavy (non-hydrogen) atoms. The molecule has 0 atom stereocenters. The summed E-state index contributed by atoms with van der Waals surface area (Å²) in [5.41, 5.74) is 3.32. The molecular formula is C11H11ClN2. The van der Waals surface area contributed by atoms with E-state index in [0.717, 1.165) is 21.8 Å². The molecular weight excluding hydrogens is 196 g/mol. The monoisotopic (exact) mass is 206 g/mol. The Labute approximate surface area is 88.1 Å². The van der Waals surface area contributed by atoms with Gasteiger partial charge in [0.25, 0.3) is 0 Å². The molecule has 72 valence electrons. The van der Waals surface area contributed by atoms with E-state index in [1.807, 2.05) is 36.9 Å². The predicted octanol–water partition coefficient (Wildman–Crippen LogP) is 3.05. The number of nitrogens with zero attached hydrogens (tertiary/aromatic N) is 2. The summed E-state index contributed by atoms with van der Waals surface area (Å²) in [5, 5.41) is 4.93. The second-order valence-corrected chi connectivity index (χ2v) is 3.66. The zero-order chi connectivity index (χ0) is 10.1. The highest BCUT2D eigenvalue weighted by Crippen LogP contribution is 2.27. The molecule has 1 aromatic heterocycles. The molecule has 0 aliphatic carbocycles. The average molecular weight is 207 g/mol. The van der Waals surface area contributed by atoms with Crippen molar-refractivity contribution in [3.05, 3.63) is 41.0 Å². The molecule has 2 aromatic rings. The Morgan fingerprint density at radius 3 is 2.71 bits per heavy atom. The number of hydrogen-bond donors (Lipinski definition) is 0. The Bertz CT molecular complexity index is 460. The van der Waals surface area contributed by atoms with Crippen molar-refractivity contribution in [2.24, 2.45) is 7.05 Å². The third-order valence-corrected chi connectivity index (χ3v) is 2.77. The van der Waals surface area contributed by atoms with Gasteiger partial charge in [0.05, 0.1) is 5.69 Å². The van der Waals surface area contributed by atoms with E-state index < -0.39 is 0 Å². The topological polar surface area (TPSA) is 17.8 Å². The zero-order valence-electron chi connectivity index (χ0n) is 8.16. The number of halogens is 1. The highest BCUT2D eigenvalue weighted by Gasteiger charge is 2.07. The Balaban J connectivity index is 2.63. The molecule has 0 amide bonds. The zero-order valence-corrected chi connectivity index (χ0v) is 8.92. The van der Waals surface area contributed by atoms with Gasteiger partial charge < -0.3 is 0 Å². The van der Waals surface area contributed by atoms with Gasteiger partial charge in [-0.1, -0.05) is 23.7 Å². The van der Waals surface area contributed by atoms with Gasteiger partial charge in [0.2, 0.25) is 0 Å². The molecule has 0 aliphatic rings.